The fourth-order valence-corrected chi connectivity index (χ4v) is 3.84. The summed E-state index contributed by atoms with van der Waals surface area (Å²) in [6, 6.07) is 4.69. The van der Waals surface area contributed by atoms with E-state index in [2.05, 4.69) is 4.72 Å². The summed E-state index contributed by atoms with van der Waals surface area (Å²) in [4.78, 5) is 11.4. The van der Waals surface area contributed by atoms with E-state index in [1.54, 1.807) is 18.2 Å². The predicted molar refractivity (Wildman–Crippen MR) is 79.9 cm³/mol. The van der Waals surface area contributed by atoms with Crippen molar-refractivity contribution < 1.29 is 17.9 Å². The number of rotatable bonds is 5. The minimum absolute atomic E-state index is 0.153. The first kappa shape index (κ1) is 16.0. The number of hydrogen-bond donors (Lipinski definition) is 1. The van der Waals surface area contributed by atoms with Gasteiger partial charge in [0.25, 0.3) is 0 Å². The van der Waals surface area contributed by atoms with Crippen molar-refractivity contribution in [1.29, 1.82) is 0 Å². The quantitative estimate of drug-likeness (QED) is 0.904. The van der Waals surface area contributed by atoms with E-state index in [0.29, 0.717) is 38.0 Å². The Balaban J connectivity index is 2.12. The van der Waals surface area contributed by atoms with Crippen LogP contribution in [0, 0.1) is 6.92 Å². The van der Waals surface area contributed by atoms with Crippen LogP contribution in [0.3, 0.4) is 0 Å². The van der Waals surface area contributed by atoms with E-state index in [4.69, 9.17) is 4.74 Å². The normalized spacial score (nSPS) is 17.0. The van der Waals surface area contributed by atoms with Crippen LogP contribution in [0.2, 0.25) is 0 Å². The van der Waals surface area contributed by atoms with E-state index in [1.807, 2.05) is 13.8 Å². The second kappa shape index (κ2) is 6.58. The van der Waals surface area contributed by atoms with Crippen LogP contribution in [-0.4, -0.2) is 26.8 Å². The molecular formula is C15H21NO4S. The molecule has 6 heteroatoms. The molecule has 0 saturated heterocycles. The Kier molecular flexibility index (Phi) is 5.00. The zero-order valence-corrected chi connectivity index (χ0v) is 13.2. The third kappa shape index (κ3) is 4.04. The molecule has 0 aromatic heterocycles. The molecular weight excluding hydrogens is 290 g/mol. The van der Waals surface area contributed by atoms with Gasteiger partial charge in [0.05, 0.1) is 11.5 Å². The standard InChI is InChI=1S/C15H21NO4S/c1-3-20-15-9-8-14(10-11(15)2)21(18,19)16-12-4-6-13(17)7-5-12/h8-10,12,16H,3-7H2,1-2H3. The van der Waals surface area contributed by atoms with Crippen molar-refractivity contribution in [2.24, 2.45) is 0 Å². The number of aryl methyl sites for hydroxylation is 1. The van der Waals surface area contributed by atoms with Crippen LogP contribution in [-0.2, 0) is 14.8 Å². The SMILES string of the molecule is CCOc1ccc(S(=O)(=O)NC2CCC(=O)CC2)cc1C. The number of Topliss-reactive ketones (excluding diaryl/α,β-unsaturated/α-hetero) is 1. The van der Waals surface area contributed by atoms with Gasteiger partial charge in [-0.05, 0) is 50.5 Å². The van der Waals surface area contributed by atoms with Crippen LogP contribution >= 0.6 is 0 Å². The maximum Gasteiger partial charge on any atom is 0.240 e. The molecule has 0 amide bonds. The van der Waals surface area contributed by atoms with Gasteiger partial charge in [0, 0.05) is 18.9 Å². The molecule has 0 atom stereocenters. The van der Waals surface area contributed by atoms with Crippen molar-refractivity contribution in [2.45, 2.75) is 50.5 Å². The first-order valence-corrected chi connectivity index (χ1v) is 8.68. The molecule has 1 fully saturated rings. The van der Waals surface area contributed by atoms with Crippen molar-refractivity contribution in [1.82, 2.24) is 4.72 Å². The van der Waals surface area contributed by atoms with E-state index >= 15 is 0 Å². The van der Waals surface area contributed by atoms with Crippen molar-refractivity contribution in [2.75, 3.05) is 6.61 Å². The van der Waals surface area contributed by atoms with Gasteiger partial charge in [-0.15, -0.1) is 0 Å². The second-order valence-electron chi connectivity index (χ2n) is 5.29. The van der Waals surface area contributed by atoms with Crippen LogP contribution in [0.5, 0.6) is 5.75 Å². The number of ketones is 1. The van der Waals surface area contributed by atoms with Crippen LogP contribution in [0.4, 0.5) is 0 Å². The molecule has 1 aliphatic carbocycles. The van der Waals surface area contributed by atoms with Crippen molar-refractivity contribution >= 4 is 15.8 Å². The molecule has 21 heavy (non-hydrogen) atoms. The zero-order chi connectivity index (χ0) is 15.5. The molecule has 116 valence electrons. The number of sulfonamides is 1. The third-order valence-corrected chi connectivity index (χ3v) is 5.14. The number of ether oxygens (including phenoxy) is 1. The van der Waals surface area contributed by atoms with Crippen LogP contribution in [0.25, 0.3) is 0 Å². The van der Waals surface area contributed by atoms with Crippen molar-refractivity contribution in [3.63, 3.8) is 0 Å². The smallest absolute Gasteiger partial charge is 0.240 e. The van der Waals surface area contributed by atoms with Gasteiger partial charge in [0.2, 0.25) is 10.0 Å². The zero-order valence-electron chi connectivity index (χ0n) is 12.4. The Morgan fingerprint density at radius 2 is 1.95 bits per heavy atom. The third-order valence-electron chi connectivity index (χ3n) is 3.62. The Bertz CT molecular complexity index is 615. The van der Waals surface area contributed by atoms with Gasteiger partial charge in [-0.25, -0.2) is 13.1 Å². The van der Waals surface area contributed by atoms with Gasteiger partial charge in [0.1, 0.15) is 11.5 Å². The van der Waals surface area contributed by atoms with E-state index < -0.39 is 10.0 Å². The molecule has 1 saturated carbocycles. The molecule has 0 unspecified atom stereocenters. The van der Waals surface area contributed by atoms with Gasteiger partial charge < -0.3 is 4.74 Å². The Hall–Kier alpha value is -1.40. The summed E-state index contributed by atoms with van der Waals surface area (Å²) in [7, 11) is -3.55. The molecule has 5 nitrogen and oxygen atoms in total. The summed E-state index contributed by atoms with van der Waals surface area (Å²) >= 11 is 0. The highest BCUT2D eigenvalue weighted by atomic mass is 32.2. The highest BCUT2D eigenvalue weighted by molar-refractivity contribution is 7.89. The monoisotopic (exact) mass is 311 g/mol. The lowest BCUT2D eigenvalue weighted by molar-refractivity contribution is -0.120. The molecule has 2 rings (SSSR count). The summed E-state index contributed by atoms with van der Waals surface area (Å²) in [6.45, 7) is 4.25. The van der Waals surface area contributed by atoms with Crippen LogP contribution in [0.1, 0.15) is 38.2 Å². The topological polar surface area (TPSA) is 72.5 Å². The number of hydrogen-bond acceptors (Lipinski definition) is 4. The highest BCUT2D eigenvalue weighted by Gasteiger charge is 2.24. The Labute approximate surface area is 125 Å². The fraction of sp³-hybridized carbons (Fsp3) is 0.533. The number of benzene rings is 1. The molecule has 1 aromatic rings. The molecule has 0 spiro atoms. The lowest BCUT2D eigenvalue weighted by Gasteiger charge is -2.22. The number of carbonyl (C=O) groups is 1. The van der Waals surface area contributed by atoms with Crippen LogP contribution < -0.4 is 9.46 Å². The molecule has 0 bridgehead atoms. The van der Waals surface area contributed by atoms with Gasteiger partial charge in [-0.1, -0.05) is 0 Å². The largest absolute Gasteiger partial charge is 0.494 e. The summed E-state index contributed by atoms with van der Waals surface area (Å²) in [5, 5.41) is 0. The van der Waals surface area contributed by atoms with E-state index in [9.17, 15) is 13.2 Å². The van der Waals surface area contributed by atoms with Gasteiger partial charge in [0.15, 0.2) is 0 Å². The minimum Gasteiger partial charge on any atom is -0.494 e. The van der Waals surface area contributed by atoms with Gasteiger partial charge in [-0.3, -0.25) is 4.79 Å². The molecule has 1 N–H and O–H groups in total. The average molecular weight is 311 g/mol. The van der Waals surface area contributed by atoms with E-state index in [0.717, 1.165) is 5.56 Å². The number of carbonyl (C=O) groups excluding carboxylic acids is 1. The molecule has 1 aromatic carbocycles. The first-order valence-electron chi connectivity index (χ1n) is 7.20. The summed E-state index contributed by atoms with van der Waals surface area (Å²) in [5.41, 5.74) is 0.790. The second-order valence-corrected chi connectivity index (χ2v) is 7.01. The summed E-state index contributed by atoms with van der Waals surface area (Å²) in [5.74, 6) is 0.905. The molecule has 0 aliphatic heterocycles. The highest BCUT2D eigenvalue weighted by Crippen LogP contribution is 2.23. The van der Waals surface area contributed by atoms with Crippen molar-refractivity contribution in [3.05, 3.63) is 23.8 Å². The molecule has 0 heterocycles. The lowest BCUT2D eigenvalue weighted by atomic mass is 9.95. The van der Waals surface area contributed by atoms with E-state index in [-0.39, 0.29) is 16.7 Å². The summed E-state index contributed by atoms with van der Waals surface area (Å²) < 4.78 is 32.8. The van der Waals surface area contributed by atoms with Crippen molar-refractivity contribution in [3.8, 4) is 5.75 Å². The maximum absolute atomic E-state index is 12.4. The average Bonchev–Trinajstić information content (AvgIpc) is 2.43. The number of nitrogens with one attached hydrogen (secondary N) is 1. The predicted octanol–water partition coefficient (Wildman–Crippen LogP) is 2.18. The Morgan fingerprint density at radius 3 is 2.52 bits per heavy atom. The molecule has 0 radical (unpaired) electrons. The minimum atomic E-state index is -3.55. The lowest BCUT2D eigenvalue weighted by Crippen LogP contribution is -2.37. The summed E-state index contributed by atoms with van der Waals surface area (Å²) in [6.07, 6.45) is 2.06. The molecule has 1 aliphatic rings. The first-order chi connectivity index (χ1) is 9.92. The maximum atomic E-state index is 12.4. The Morgan fingerprint density at radius 1 is 1.29 bits per heavy atom. The van der Waals surface area contributed by atoms with Gasteiger partial charge in [-0.2, -0.15) is 0 Å². The fourth-order valence-electron chi connectivity index (χ4n) is 2.45. The van der Waals surface area contributed by atoms with E-state index in [1.165, 1.54) is 0 Å². The van der Waals surface area contributed by atoms with Gasteiger partial charge >= 0.3 is 0 Å². The van der Waals surface area contributed by atoms with Crippen LogP contribution in [0.15, 0.2) is 23.1 Å².